The molecule has 2 heterocycles. The van der Waals surface area contributed by atoms with Crippen LogP contribution >= 0.6 is 0 Å². The van der Waals surface area contributed by atoms with Crippen LogP contribution in [0.4, 0.5) is 0 Å². The molecule has 1 aromatic carbocycles. The molecule has 0 atom stereocenters. The van der Waals surface area contributed by atoms with Gasteiger partial charge in [0.25, 0.3) is 0 Å². The van der Waals surface area contributed by atoms with Crippen LogP contribution in [0.15, 0.2) is 73.3 Å². The lowest BCUT2D eigenvalue weighted by molar-refractivity contribution is 1.16. The predicted molar refractivity (Wildman–Crippen MR) is 76.7 cm³/mol. The van der Waals surface area contributed by atoms with Gasteiger partial charge in [0.05, 0.1) is 0 Å². The van der Waals surface area contributed by atoms with Gasteiger partial charge in [-0.25, -0.2) is 0 Å². The number of aromatic nitrogens is 2. The highest BCUT2D eigenvalue weighted by Gasteiger charge is 1.99. The van der Waals surface area contributed by atoms with E-state index in [1.807, 2.05) is 36.9 Å². The van der Waals surface area contributed by atoms with Crippen LogP contribution in [0.3, 0.4) is 0 Å². The van der Waals surface area contributed by atoms with E-state index in [2.05, 4.69) is 46.4 Å². The van der Waals surface area contributed by atoms with Crippen molar-refractivity contribution in [3.05, 3.63) is 84.4 Å². The van der Waals surface area contributed by atoms with E-state index < -0.39 is 0 Å². The van der Waals surface area contributed by atoms with Gasteiger partial charge in [0.15, 0.2) is 0 Å². The van der Waals surface area contributed by atoms with E-state index in [-0.39, 0.29) is 0 Å². The molecule has 0 aliphatic rings. The Balaban J connectivity index is 1.80. The molecule has 0 radical (unpaired) electrons. The minimum atomic E-state index is 0.944. The zero-order valence-corrected chi connectivity index (χ0v) is 10.5. The lowest BCUT2D eigenvalue weighted by Gasteiger charge is -2.04. The van der Waals surface area contributed by atoms with Crippen molar-refractivity contribution in [1.29, 1.82) is 0 Å². The Labute approximate surface area is 112 Å². The van der Waals surface area contributed by atoms with E-state index in [0.29, 0.717) is 0 Å². The van der Waals surface area contributed by atoms with Gasteiger partial charge in [0.2, 0.25) is 0 Å². The summed E-state index contributed by atoms with van der Waals surface area (Å²) in [7, 11) is 0. The Kier molecular flexibility index (Phi) is 3.32. The zero-order valence-electron chi connectivity index (χ0n) is 10.5. The Morgan fingerprint density at radius 1 is 0.526 bits per heavy atom. The number of nitrogens with zero attached hydrogens (tertiary/aromatic N) is 2. The Morgan fingerprint density at radius 3 is 1.63 bits per heavy atom. The van der Waals surface area contributed by atoms with Crippen molar-refractivity contribution in [2.75, 3.05) is 0 Å². The van der Waals surface area contributed by atoms with Crippen LogP contribution in [0.1, 0.15) is 11.1 Å². The summed E-state index contributed by atoms with van der Waals surface area (Å²) in [5, 5.41) is 0. The SMILES string of the molecule is c1cc(Cc2ccc(-c3ccncc3)cc2)ccn1. The number of benzene rings is 1. The highest BCUT2D eigenvalue weighted by atomic mass is 14.6. The average Bonchev–Trinajstić information content (AvgIpc) is 2.50. The molecule has 0 aliphatic heterocycles. The lowest BCUT2D eigenvalue weighted by atomic mass is 10.0. The molecule has 3 aromatic rings. The van der Waals surface area contributed by atoms with Crippen LogP contribution in [-0.2, 0) is 6.42 Å². The summed E-state index contributed by atoms with van der Waals surface area (Å²) in [5.74, 6) is 0. The first-order valence-corrected chi connectivity index (χ1v) is 6.30. The Hall–Kier alpha value is -2.48. The van der Waals surface area contributed by atoms with Crippen LogP contribution in [0.25, 0.3) is 11.1 Å². The molecule has 0 N–H and O–H groups in total. The highest BCUT2D eigenvalue weighted by Crippen LogP contribution is 2.19. The van der Waals surface area contributed by atoms with E-state index in [1.165, 1.54) is 22.3 Å². The molecule has 0 spiro atoms. The van der Waals surface area contributed by atoms with Crippen molar-refractivity contribution in [3.8, 4) is 11.1 Å². The summed E-state index contributed by atoms with van der Waals surface area (Å²) in [4.78, 5) is 8.07. The van der Waals surface area contributed by atoms with Gasteiger partial charge in [-0.15, -0.1) is 0 Å². The van der Waals surface area contributed by atoms with Gasteiger partial charge in [0, 0.05) is 24.8 Å². The van der Waals surface area contributed by atoms with Crippen molar-refractivity contribution in [3.63, 3.8) is 0 Å². The topological polar surface area (TPSA) is 25.8 Å². The second-order valence-corrected chi connectivity index (χ2v) is 4.47. The van der Waals surface area contributed by atoms with E-state index in [4.69, 9.17) is 0 Å². The molecule has 3 rings (SSSR count). The first-order chi connectivity index (χ1) is 9.42. The standard InChI is InChI=1S/C17H14N2/c1-3-16(17-7-11-19-12-8-17)4-2-14(1)13-15-5-9-18-10-6-15/h1-12H,13H2. The van der Waals surface area contributed by atoms with Gasteiger partial charge in [-0.1, -0.05) is 24.3 Å². The third kappa shape index (κ3) is 2.86. The Morgan fingerprint density at radius 2 is 1.00 bits per heavy atom. The van der Waals surface area contributed by atoms with Crippen molar-refractivity contribution >= 4 is 0 Å². The van der Waals surface area contributed by atoms with Crippen molar-refractivity contribution < 1.29 is 0 Å². The highest BCUT2D eigenvalue weighted by molar-refractivity contribution is 5.62. The number of hydrogen-bond acceptors (Lipinski definition) is 2. The third-order valence-electron chi connectivity index (χ3n) is 3.13. The molecule has 0 bridgehead atoms. The smallest absolute Gasteiger partial charge is 0.0273 e. The van der Waals surface area contributed by atoms with E-state index >= 15 is 0 Å². The second kappa shape index (κ2) is 5.44. The molecule has 2 nitrogen and oxygen atoms in total. The summed E-state index contributed by atoms with van der Waals surface area (Å²) in [6.45, 7) is 0. The quantitative estimate of drug-likeness (QED) is 0.703. The molecule has 2 heteroatoms. The summed E-state index contributed by atoms with van der Waals surface area (Å²) in [5.41, 5.74) is 5.02. The molecule has 92 valence electrons. The molecule has 19 heavy (non-hydrogen) atoms. The monoisotopic (exact) mass is 246 g/mol. The zero-order chi connectivity index (χ0) is 12.9. The van der Waals surface area contributed by atoms with Crippen molar-refractivity contribution in [2.24, 2.45) is 0 Å². The maximum absolute atomic E-state index is 4.04. The number of hydrogen-bond donors (Lipinski definition) is 0. The molecule has 0 aliphatic carbocycles. The van der Waals surface area contributed by atoms with Crippen LogP contribution in [0.2, 0.25) is 0 Å². The largest absolute Gasteiger partial charge is 0.265 e. The minimum Gasteiger partial charge on any atom is -0.265 e. The Bertz CT molecular complexity index is 631. The molecular formula is C17H14N2. The fraction of sp³-hybridized carbons (Fsp3) is 0.0588. The van der Waals surface area contributed by atoms with E-state index in [1.54, 1.807) is 0 Å². The van der Waals surface area contributed by atoms with Crippen molar-refractivity contribution in [2.45, 2.75) is 6.42 Å². The lowest BCUT2D eigenvalue weighted by Crippen LogP contribution is -1.88. The number of pyridine rings is 2. The molecule has 0 unspecified atom stereocenters. The van der Waals surface area contributed by atoms with Crippen LogP contribution < -0.4 is 0 Å². The second-order valence-electron chi connectivity index (χ2n) is 4.47. The summed E-state index contributed by atoms with van der Waals surface area (Å²) in [6.07, 6.45) is 8.25. The van der Waals surface area contributed by atoms with E-state index in [9.17, 15) is 0 Å². The van der Waals surface area contributed by atoms with Crippen LogP contribution in [-0.4, -0.2) is 9.97 Å². The minimum absolute atomic E-state index is 0.944. The van der Waals surface area contributed by atoms with Gasteiger partial charge in [-0.2, -0.15) is 0 Å². The van der Waals surface area contributed by atoms with Gasteiger partial charge in [0.1, 0.15) is 0 Å². The fourth-order valence-corrected chi connectivity index (χ4v) is 2.10. The third-order valence-corrected chi connectivity index (χ3v) is 3.13. The molecule has 0 amide bonds. The summed E-state index contributed by atoms with van der Waals surface area (Å²) in [6, 6.07) is 16.8. The summed E-state index contributed by atoms with van der Waals surface area (Å²) < 4.78 is 0. The maximum Gasteiger partial charge on any atom is 0.0273 e. The average molecular weight is 246 g/mol. The molecule has 2 aromatic heterocycles. The maximum atomic E-state index is 4.04. The predicted octanol–water partition coefficient (Wildman–Crippen LogP) is 3.73. The fourth-order valence-electron chi connectivity index (χ4n) is 2.10. The van der Waals surface area contributed by atoms with Crippen LogP contribution in [0, 0.1) is 0 Å². The first kappa shape index (κ1) is 11.6. The molecule has 0 saturated carbocycles. The van der Waals surface area contributed by atoms with Gasteiger partial charge < -0.3 is 0 Å². The normalized spacial score (nSPS) is 10.3. The molecule has 0 saturated heterocycles. The van der Waals surface area contributed by atoms with Gasteiger partial charge >= 0.3 is 0 Å². The number of rotatable bonds is 3. The van der Waals surface area contributed by atoms with Crippen LogP contribution in [0.5, 0.6) is 0 Å². The van der Waals surface area contributed by atoms with E-state index in [0.717, 1.165) is 6.42 Å². The first-order valence-electron chi connectivity index (χ1n) is 6.30. The molecule has 0 fully saturated rings. The van der Waals surface area contributed by atoms with Gasteiger partial charge in [-0.05, 0) is 52.9 Å². The van der Waals surface area contributed by atoms with Crippen molar-refractivity contribution in [1.82, 2.24) is 9.97 Å². The van der Waals surface area contributed by atoms with Gasteiger partial charge in [-0.3, -0.25) is 9.97 Å². The summed E-state index contributed by atoms with van der Waals surface area (Å²) >= 11 is 0. The molecular weight excluding hydrogens is 232 g/mol.